The first-order chi connectivity index (χ1) is 16.7. The summed E-state index contributed by atoms with van der Waals surface area (Å²) in [6.45, 7) is 3.29. The van der Waals surface area contributed by atoms with Crippen molar-refractivity contribution < 1.29 is 39.1 Å². The van der Waals surface area contributed by atoms with Gasteiger partial charge < -0.3 is 39.1 Å². The first-order valence-corrected chi connectivity index (χ1v) is 11.1. The number of fused-ring (bicyclic) bond motifs is 5. The Labute approximate surface area is 199 Å². The van der Waals surface area contributed by atoms with E-state index < -0.39 is 36.1 Å². The Hall–Kier alpha value is -3.37. The van der Waals surface area contributed by atoms with Crippen LogP contribution in [0.25, 0.3) is 32.5 Å². The standard InChI is InChI=1S/C26H26O9/c1-10-7-14-18(16(8-10)32-3)13-9-17(33-4)20-15(28)6-5-12(19(20)24(13)35-26(14)31)25-22(30)21(29)23(34-25)11(2)27/h5-9,11,21-23,25,27-30H,1-4H3/t11-,21-,22+,23-,25+/m0/s1. The minimum atomic E-state index is -1.38. The molecule has 0 bridgehead atoms. The molecule has 1 aliphatic rings. The van der Waals surface area contributed by atoms with E-state index in [1.54, 1.807) is 18.2 Å². The van der Waals surface area contributed by atoms with Crippen molar-refractivity contribution in [3.63, 3.8) is 0 Å². The van der Waals surface area contributed by atoms with Crippen molar-refractivity contribution in [3.8, 4) is 17.2 Å². The number of aromatic hydroxyl groups is 1. The number of phenols is 1. The molecule has 0 saturated carbocycles. The van der Waals surface area contributed by atoms with Crippen LogP contribution in [0.5, 0.6) is 17.2 Å². The molecule has 9 nitrogen and oxygen atoms in total. The zero-order valence-corrected chi connectivity index (χ0v) is 19.6. The summed E-state index contributed by atoms with van der Waals surface area (Å²) in [5.74, 6) is 0.619. The van der Waals surface area contributed by atoms with Crippen molar-refractivity contribution in [1.29, 1.82) is 0 Å². The number of phenolic OH excluding ortho intramolecular Hbond substituents is 1. The van der Waals surface area contributed by atoms with Gasteiger partial charge in [-0.3, -0.25) is 0 Å². The molecule has 0 aliphatic carbocycles. The fourth-order valence-corrected chi connectivity index (χ4v) is 5.06. The van der Waals surface area contributed by atoms with E-state index in [0.29, 0.717) is 33.2 Å². The molecule has 0 unspecified atom stereocenters. The van der Waals surface area contributed by atoms with Crippen LogP contribution in [0, 0.1) is 6.92 Å². The van der Waals surface area contributed by atoms with E-state index in [4.69, 9.17) is 18.6 Å². The molecular formula is C26H26O9. The van der Waals surface area contributed by atoms with Gasteiger partial charge in [-0.2, -0.15) is 0 Å². The molecule has 5 rings (SSSR count). The second-order valence-electron chi connectivity index (χ2n) is 8.90. The van der Waals surface area contributed by atoms with E-state index in [-0.39, 0.29) is 22.1 Å². The molecule has 1 aliphatic heterocycles. The molecule has 1 aromatic heterocycles. The average Bonchev–Trinajstić information content (AvgIpc) is 3.13. The number of hydrogen-bond acceptors (Lipinski definition) is 9. The lowest BCUT2D eigenvalue weighted by molar-refractivity contribution is -0.0586. The Balaban J connectivity index is 1.95. The smallest absolute Gasteiger partial charge is 0.344 e. The molecule has 9 heteroatoms. The summed E-state index contributed by atoms with van der Waals surface area (Å²) in [6, 6.07) is 8.10. The third-order valence-electron chi connectivity index (χ3n) is 6.66. The normalized spacial score (nSPS) is 23.3. The van der Waals surface area contributed by atoms with Gasteiger partial charge in [-0.15, -0.1) is 0 Å². The number of aliphatic hydroxyl groups is 3. The lowest BCUT2D eigenvalue weighted by Gasteiger charge is -2.20. The maximum absolute atomic E-state index is 13.1. The summed E-state index contributed by atoms with van der Waals surface area (Å²) in [4.78, 5) is 13.1. The Morgan fingerprint density at radius 3 is 2.26 bits per heavy atom. The van der Waals surface area contributed by atoms with Crippen LogP contribution in [0.15, 0.2) is 39.5 Å². The largest absolute Gasteiger partial charge is 0.507 e. The van der Waals surface area contributed by atoms with Crippen molar-refractivity contribution in [2.45, 2.75) is 44.4 Å². The predicted molar refractivity (Wildman–Crippen MR) is 128 cm³/mol. The average molecular weight is 482 g/mol. The van der Waals surface area contributed by atoms with Gasteiger partial charge in [-0.25, -0.2) is 4.79 Å². The number of hydrogen-bond donors (Lipinski definition) is 4. The van der Waals surface area contributed by atoms with Crippen LogP contribution < -0.4 is 15.1 Å². The molecule has 0 amide bonds. The van der Waals surface area contributed by atoms with Crippen molar-refractivity contribution in [3.05, 3.63) is 51.9 Å². The number of aryl methyl sites for hydroxylation is 1. The Bertz CT molecular complexity index is 1520. The molecule has 0 radical (unpaired) electrons. The van der Waals surface area contributed by atoms with Gasteiger partial charge in [0, 0.05) is 16.2 Å². The van der Waals surface area contributed by atoms with Crippen molar-refractivity contribution >= 4 is 32.5 Å². The Morgan fingerprint density at radius 1 is 0.943 bits per heavy atom. The van der Waals surface area contributed by atoms with Crippen LogP contribution >= 0.6 is 0 Å². The molecule has 4 N–H and O–H groups in total. The van der Waals surface area contributed by atoms with Gasteiger partial charge in [0.05, 0.1) is 31.1 Å². The SMILES string of the molecule is COc1cc2c(oc(=O)c3cc(C)cc(OC)c32)c2c([C@H]3O[C@@H]([C@H](C)O)[C@@H](O)[C@H]3O)ccc(O)c12. The lowest BCUT2D eigenvalue weighted by atomic mass is 9.92. The van der Waals surface area contributed by atoms with E-state index in [2.05, 4.69) is 0 Å². The van der Waals surface area contributed by atoms with Crippen LogP contribution in [-0.2, 0) is 4.74 Å². The number of aliphatic hydroxyl groups excluding tert-OH is 3. The van der Waals surface area contributed by atoms with Crippen molar-refractivity contribution in [2.75, 3.05) is 14.2 Å². The van der Waals surface area contributed by atoms with Crippen LogP contribution in [0.3, 0.4) is 0 Å². The zero-order valence-electron chi connectivity index (χ0n) is 19.6. The Kier molecular flexibility index (Phi) is 5.60. The quantitative estimate of drug-likeness (QED) is 0.255. The highest BCUT2D eigenvalue weighted by molar-refractivity contribution is 6.19. The molecule has 1 saturated heterocycles. The molecule has 35 heavy (non-hydrogen) atoms. The molecule has 184 valence electrons. The first-order valence-electron chi connectivity index (χ1n) is 11.1. The monoisotopic (exact) mass is 482 g/mol. The molecule has 0 spiro atoms. The molecule has 5 atom stereocenters. The summed E-state index contributed by atoms with van der Waals surface area (Å²) in [5.41, 5.74) is 0.694. The van der Waals surface area contributed by atoms with Gasteiger partial charge in [0.25, 0.3) is 0 Å². The fourth-order valence-electron chi connectivity index (χ4n) is 5.06. The molecule has 2 heterocycles. The van der Waals surface area contributed by atoms with E-state index in [9.17, 15) is 25.2 Å². The number of ether oxygens (including phenoxy) is 3. The van der Waals surface area contributed by atoms with E-state index in [1.165, 1.54) is 33.3 Å². The van der Waals surface area contributed by atoms with Crippen LogP contribution in [0.4, 0.5) is 0 Å². The van der Waals surface area contributed by atoms with Crippen molar-refractivity contribution in [2.24, 2.45) is 0 Å². The molecule has 1 fully saturated rings. The van der Waals surface area contributed by atoms with Gasteiger partial charge in [-0.1, -0.05) is 6.07 Å². The summed E-state index contributed by atoms with van der Waals surface area (Å²) in [6.07, 6.45) is -5.89. The van der Waals surface area contributed by atoms with Gasteiger partial charge in [0.1, 0.15) is 47.2 Å². The third kappa shape index (κ3) is 3.42. The lowest BCUT2D eigenvalue weighted by Crippen LogP contribution is -2.36. The molecular weight excluding hydrogens is 456 g/mol. The maximum atomic E-state index is 13.1. The topological polar surface area (TPSA) is 139 Å². The van der Waals surface area contributed by atoms with Gasteiger partial charge in [-0.05, 0) is 49.2 Å². The minimum Gasteiger partial charge on any atom is -0.507 e. The fraction of sp³-hybridized carbons (Fsp3) is 0.346. The van der Waals surface area contributed by atoms with E-state index in [0.717, 1.165) is 5.56 Å². The van der Waals surface area contributed by atoms with E-state index in [1.807, 2.05) is 6.92 Å². The van der Waals surface area contributed by atoms with Crippen LogP contribution in [0.2, 0.25) is 0 Å². The van der Waals surface area contributed by atoms with Gasteiger partial charge in [0.15, 0.2) is 0 Å². The highest BCUT2D eigenvalue weighted by Crippen LogP contribution is 2.47. The first kappa shape index (κ1) is 23.4. The second kappa shape index (κ2) is 8.39. The van der Waals surface area contributed by atoms with Crippen LogP contribution in [0.1, 0.15) is 24.2 Å². The summed E-state index contributed by atoms with van der Waals surface area (Å²) in [7, 11) is 2.95. The van der Waals surface area contributed by atoms with Crippen LogP contribution in [-0.4, -0.2) is 59.1 Å². The number of rotatable bonds is 4. The third-order valence-corrected chi connectivity index (χ3v) is 6.66. The highest BCUT2D eigenvalue weighted by Gasteiger charge is 2.46. The summed E-state index contributed by atoms with van der Waals surface area (Å²) < 4.78 is 22.9. The molecule has 4 aromatic rings. The van der Waals surface area contributed by atoms with E-state index >= 15 is 0 Å². The Morgan fingerprint density at radius 2 is 1.63 bits per heavy atom. The zero-order chi connectivity index (χ0) is 25.2. The summed E-state index contributed by atoms with van der Waals surface area (Å²) >= 11 is 0. The van der Waals surface area contributed by atoms with Gasteiger partial charge in [0.2, 0.25) is 0 Å². The second-order valence-corrected chi connectivity index (χ2v) is 8.90. The number of benzene rings is 3. The highest BCUT2D eigenvalue weighted by atomic mass is 16.6. The van der Waals surface area contributed by atoms with Crippen molar-refractivity contribution in [1.82, 2.24) is 0 Å². The number of methoxy groups -OCH3 is 2. The molecule has 3 aromatic carbocycles. The predicted octanol–water partition coefficient (Wildman–Crippen LogP) is 2.67. The minimum absolute atomic E-state index is 0.136. The summed E-state index contributed by atoms with van der Waals surface area (Å²) in [5, 5.41) is 43.9. The van der Waals surface area contributed by atoms with Gasteiger partial charge >= 0.3 is 5.63 Å². The maximum Gasteiger partial charge on any atom is 0.344 e.